The number of aromatic nitrogens is 3. The Kier molecular flexibility index (Phi) is 8.74. The minimum absolute atomic E-state index is 0.0124. The lowest BCUT2D eigenvalue weighted by atomic mass is 10.2. The van der Waals surface area contributed by atoms with Crippen LogP contribution in [0.15, 0.2) is 53.7 Å². The lowest BCUT2D eigenvalue weighted by Crippen LogP contribution is -2.27. The second kappa shape index (κ2) is 11.9. The molecule has 0 radical (unpaired) electrons. The number of esters is 1. The number of methoxy groups -OCH3 is 1. The van der Waals surface area contributed by atoms with Crippen molar-refractivity contribution in [2.45, 2.75) is 25.0 Å². The molecule has 0 saturated heterocycles. The van der Waals surface area contributed by atoms with Crippen molar-refractivity contribution >= 4 is 35.2 Å². The van der Waals surface area contributed by atoms with E-state index in [1.165, 1.54) is 37.1 Å². The number of carbonyl (C=O) groups excluding carboxylic acids is 3. The molecule has 0 bridgehead atoms. The molecule has 0 unspecified atom stereocenters. The summed E-state index contributed by atoms with van der Waals surface area (Å²) in [6, 6.07) is 12.2. The summed E-state index contributed by atoms with van der Waals surface area (Å²) in [6.07, 6.45) is 0.403. The minimum atomic E-state index is -0.576. The van der Waals surface area contributed by atoms with Gasteiger partial charge in [0.15, 0.2) is 5.16 Å². The number of anilines is 1. The van der Waals surface area contributed by atoms with E-state index in [1.807, 2.05) is 11.5 Å². The largest absolute Gasteiger partial charge is 0.465 e. The first-order valence-electron chi connectivity index (χ1n) is 10.5. The SMILES string of the molecule is CCn1c(CCNC(=O)c2ccccc2F)nnc1SCC(=O)Nc1ccc(C(=O)OC)cc1. The highest BCUT2D eigenvalue weighted by Crippen LogP contribution is 2.18. The fourth-order valence-electron chi connectivity index (χ4n) is 3.09. The van der Waals surface area contributed by atoms with E-state index in [1.54, 1.807) is 30.3 Å². The first-order chi connectivity index (χ1) is 16.4. The zero-order valence-electron chi connectivity index (χ0n) is 18.7. The first-order valence-corrected chi connectivity index (χ1v) is 11.5. The summed E-state index contributed by atoms with van der Waals surface area (Å²) in [5.41, 5.74) is 0.937. The average molecular weight is 486 g/mol. The maximum absolute atomic E-state index is 13.7. The van der Waals surface area contributed by atoms with Gasteiger partial charge in [-0.05, 0) is 43.3 Å². The van der Waals surface area contributed by atoms with Crippen molar-refractivity contribution in [2.24, 2.45) is 0 Å². The highest BCUT2D eigenvalue weighted by atomic mass is 32.2. The van der Waals surface area contributed by atoms with Gasteiger partial charge in [0, 0.05) is 25.2 Å². The molecular weight excluding hydrogens is 461 g/mol. The number of thioether (sulfide) groups is 1. The Morgan fingerprint density at radius 1 is 1.09 bits per heavy atom. The normalized spacial score (nSPS) is 10.6. The summed E-state index contributed by atoms with van der Waals surface area (Å²) >= 11 is 1.24. The number of nitrogens with one attached hydrogen (secondary N) is 2. The summed E-state index contributed by atoms with van der Waals surface area (Å²) in [6.45, 7) is 2.78. The maximum Gasteiger partial charge on any atom is 0.337 e. The van der Waals surface area contributed by atoms with Crippen molar-refractivity contribution in [3.63, 3.8) is 0 Å². The Bertz CT molecular complexity index is 1170. The predicted octanol–water partition coefficient (Wildman–Crippen LogP) is 2.93. The van der Waals surface area contributed by atoms with Gasteiger partial charge in [0.05, 0.1) is 24.0 Å². The van der Waals surface area contributed by atoms with Gasteiger partial charge in [0.25, 0.3) is 5.91 Å². The quantitative estimate of drug-likeness (QED) is 0.335. The Labute approximate surface area is 200 Å². The first kappa shape index (κ1) is 24.9. The summed E-state index contributed by atoms with van der Waals surface area (Å²) in [5, 5.41) is 14.3. The second-order valence-electron chi connectivity index (χ2n) is 7.03. The summed E-state index contributed by atoms with van der Waals surface area (Å²) in [4.78, 5) is 35.9. The van der Waals surface area contributed by atoms with Crippen molar-refractivity contribution in [1.29, 1.82) is 0 Å². The van der Waals surface area contributed by atoms with E-state index < -0.39 is 17.7 Å². The molecule has 0 atom stereocenters. The highest BCUT2D eigenvalue weighted by molar-refractivity contribution is 7.99. The van der Waals surface area contributed by atoms with Gasteiger partial charge in [-0.3, -0.25) is 9.59 Å². The van der Waals surface area contributed by atoms with Crippen LogP contribution in [-0.4, -0.2) is 52.0 Å². The van der Waals surface area contributed by atoms with E-state index in [2.05, 4.69) is 25.6 Å². The van der Waals surface area contributed by atoms with Crippen LogP contribution in [0.1, 0.15) is 33.5 Å². The third kappa shape index (κ3) is 6.41. The smallest absolute Gasteiger partial charge is 0.337 e. The van der Waals surface area contributed by atoms with Crippen LogP contribution < -0.4 is 10.6 Å². The molecule has 1 heterocycles. The number of amides is 2. The molecule has 34 heavy (non-hydrogen) atoms. The molecular formula is C23H24FN5O4S. The van der Waals surface area contributed by atoms with Crippen LogP contribution in [0.25, 0.3) is 0 Å². The lowest BCUT2D eigenvalue weighted by Gasteiger charge is -2.09. The number of hydrogen-bond acceptors (Lipinski definition) is 7. The lowest BCUT2D eigenvalue weighted by molar-refractivity contribution is -0.113. The van der Waals surface area contributed by atoms with E-state index >= 15 is 0 Å². The third-order valence-corrected chi connectivity index (χ3v) is 5.75. The molecule has 0 spiro atoms. The molecule has 11 heteroatoms. The number of carbonyl (C=O) groups is 3. The fourth-order valence-corrected chi connectivity index (χ4v) is 3.91. The van der Waals surface area contributed by atoms with Gasteiger partial charge in [-0.2, -0.15) is 0 Å². The van der Waals surface area contributed by atoms with E-state index in [-0.39, 0.29) is 23.8 Å². The number of rotatable bonds is 10. The molecule has 0 fully saturated rings. The zero-order chi connectivity index (χ0) is 24.5. The third-order valence-electron chi connectivity index (χ3n) is 4.78. The van der Waals surface area contributed by atoms with Crippen LogP contribution in [0.2, 0.25) is 0 Å². The Morgan fingerprint density at radius 2 is 1.82 bits per heavy atom. The number of halogens is 1. The van der Waals surface area contributed by atoms with E-state index in [0.29, 0.717) is 35.2 Å². The second-order valence-corrected chi connectivity index (χ2v) is 7.98. The molecule has 0 saturated carbocycles. The van der Waals surface area contributed by atoms with Crippen molar-refractivity contribution in [3.8, 4) is 0 Å². The molecule has 2 N–H and O–H groups in total. The molecule has 9 nitrogen and oxygen atoms in total. The van der Waals surface area contributed by atoms with Crippen LogP contribution in [-0.2, 0) is 22.5 Å². The molecule has 2 aromatic carbocycles. The van der Waals surface area contributed by atoms with Gasteiger partial charge < -0.3 is 19.9 Å². The van der Waals surface area contributed by atoms with Crippen molar-refractivity contribution < 1.29 is 23.5 Å². The van der Waals surface area contributed by atoms with Gasteiger partial charge >= 0.3 is 5.97 Å². The number of ether oxygens (including phenoxy) is 1. The van der Waals surface area contributed by atoms with Gasteiger partial charge in [0.2, 0.25) is 5.91 Å². The molecule has 3 rings (SSSR count). The number of nitrogens with zero attached hydrogens (tertiary/aromatic N) is 3. The van der Waals surface area contributed by atoms with Crippen LogP contribution in [0.3, 0.4) is 0 Å². The molecule has 1 aromatic heterocycles. The van der Waals surface area contributed by atoms with Crippen molar-refractivity contribution in [1.82, 2.24) is 20.1 Å². The standard InChI is InChI=1S/C23H24FN5O4S/c1-3-29-19(12-13-25-21(31)17-6-4-5-7-18(17)24)27-28-23(29)34-14-20(30)26-16-10-8-15(9-11-16)22(32)33-2/h4-11H,3,12-14H2,1-2H3,(H,25,31)(H,26,30). The molecule has 178 valence electrons. The van der Waals surface area contributed by atoms with Gasteiger partial charge in [-0.25, -0.2) is 9.18 Å². The maximum atomic E-state index is 13.7. The van der Waals surface area contributed by atoms with Crippen molar-refractivity contribution in [3.05, 3.63) is 71.3 Å². The Hall–Kier alpha value is -3.73. The minimum Gasteiger partial charge on any atom is -0.465 e. The molecule has 0 aliphatic heterocycles. The topological polar surface area (TPSA) is 115 Å². The molecule has 3 aromatic rings. The number of benzene rings is 2. The Balaban J connectivity index is 1.50. The monoisotopic (exact) mass is 485 g/mol. The molecule has 0 aliphatic carbocycles. The zero-order valence-corrected chi connectivity index (χ0v) is 19.5. The average Bonchev–Trinajstić information content (AvgIpc) is 3.24. The van der Waals surface area contributed by atoms with Crippen LogP contribution in [0.4, 0.5) is 10.1 Å². The van der Waals surface area contributed by atoms with Crippen LogP contribution in [0.5, 0.6) is 0 Å². The molecule has 0 aliphatic rings. The molecule has 2 amide bonds. The van der Waals surface area contributed by atoms with E-state index in [0.717, 1.165) is 0 Å². The van der Waals surface area contributed by atoms with Gasteiger partial charge in [0.1, 0.15) is 11.6 Å². The summed E-state index contributed by atoms with van der Waals surface area (Å²) < 4.78 is 20.2. The van der Waals surface area contributed by atoms with Crippen LogP contribution in [0, 0.1) is 5.82 Å². The summed E-state index contributed by atoms with van der Waals surface area (Å²) in [5.74, 6) is -0.992. The highest BCUT2D eigenvalue weighted by Gasteiger charge is 2.15. The van der Waals surface area contributed by atoms with Gasteiger partial charge in [-0.15, -0.1) is 10.2 Å². The number of hydrogen-bond donors (Lipinski definition) is 2. The van der Waals surface area contributed by atoms with Crippen LogP contribution >= 0.6 is 11.8 Å². The van der Waals surface area contributed by atoms with E-state index in [4.69, 9.17) is 0 Å². The fraction of sp³-hybridized carbons (Fsp3) is 0.261. The van der Waals surface area contributed by atoms with Crippen molar-refractivity contribution in [2.75, 3.05) is 24.7 Å². The summed E-state index contributed by atoms with van der Waals surface area (Å²) in [7, 11) is 1.30. The van der Waals surface area contributed by atoms with E-state index in [9.17, 15) is 18.8 Å². The predicted molar refractivity (Wildman–Crippen MR) is 125 cm³/mol. The van der Waals surface area contributed by atoms with Gasteiger partial charge in [-0.1, -0.05) is 23.9 Å². The Morgan fingerprint density at radius 3 is 2.50 bits per heavy atom.